The van der Waals surface area contributed by atoms with E-state index in [4.69, 9.17) is 30.8 Å². The molecule has 2 aromatic rings. The van der Waals surface area contributed by atoms with Crippen LogP contribution in [0.3, 0.4) is 0 Å². The lowest BCUT2D eigenvalue weighted by Crippen LogP contribution is -2.48. The molecule has 1 saturated heterocycles. The molecule has 1 aliphatic carbocycles. The van der Waals surface area contributed by atoms with Gasteiger partial charge in [-0.3, -0.25) is 19.4 Å². The molecule has 1 aromatic heterocycles. The molecule has 0 bridgehead atoms. The van der Waals surface area contributed by atoms with Gasteiger partial charge in [-0.05, 0) is 57.7 Å². The van der Waals surface area contributed by atoms with Gasteiger partial charge in [-0.1, -0.05) is 0 Å². The van der Waals surface area contributed by atoms with E-state index in [1.165, 1.54) is 0 Å². The Morgan fingerprint density at radius 3 is 2.62 bits per heavy atom. The summed E-state index contributed by atoms with van der Waals surface area (Å²) >= 11 is 0. The number of rotatable bonds is 7. The maximum absolute atomic E-state index is 12.9. The van der Waals surface area contributed by atoms with Gasteiger partial charge in [0, 0.05) is 24.7 Å². The molecule has 1 saturated carbocycles. The number of hydrogen-bond acceptors (Lipinski definition) is 7. The number of piperidine rings is 1. The number of carbonyl (C=O) groups is 3. The second-order valence-corrected chi connectivity index (χ2v) is 8.93. The van der Waals surface area contributed by atoms with Crippen molar-refractivity contribution in [3.05, 3.63) is 30.0 Å². The second-order valence-electron chi connectivity index (χ2n) is 8.93. The number of likely N-dealkylation sites (tertiary alicyclic amines) is 1. The minimum absolute atomic E-state index is 0.119. The summed E-state index contributed by atoms with van der Waals surface area (Å²) in [5.41, 5.74) is 11.9. The van der Waals surface area contributed by atoms with Crippen LogP contribution < -0.4 is 20.9 Å². The van der Waals surface area contributed by atoms with Crippen molar-refractivity contribution in [2.75, 3.05) is 19.6 Å². The smallest absolute Gasteiger partial charge is 0.290 e. The van der Waals surface area contributed by atoms with Crippen LogP contribution in [0.4, 0.5) is 0 Å². The van der Waals surface area contributed by atoms with E-state index in [1.807, 2.05) is 18.7 Å². The quantitative estimate of drug-likeness (QED) is 0.516. The summed E-state index contributed by atoms with van der Waals surface area (Å²) in [5, 5.41) is 7.63. The predicted octanol–water partition coefficient (Wildman–Crippen LogP) is 1.93. The van der Waals surface area contributed by atoms with Crippen LogP contribution in [0.25, 0.3) is 10.9 Å². The van der Waals surface area contributed by atoms with Crippen LogP contribution >= 0.6 is 0 Å². The van der Waals surface area contributed by atoms with E-state index in [1.54, 1.807) is 24.4 Å². The van der Waals surface area contributed by atoms with Crippen LogP contribution in [-0.4, -0.2) is 65.1 Å². The van der Waals surface area contributed by atoms with Crippen molar-refractivity contribution in [2.45, 2.75) is 51.7 Å². The number of benzene rings is 1. The fraction of sp³-hybridized carbons (Fsp3) is 0.500. The van der Waals surface area contributed by atoms with Crippen molar-refractivity contribution < 1.29 is 29.0 Å². The number of nitrogens with two attached hydrogens (primary N) is 2. The minimum Gasteiger partial charge on any atom is -0.490 e. The molecule has 0 spiro atoms. The summed E-state index contributed by atoms with van der Waals surface area (Å²) in [6, 6.07) is 5.20. The molecule has 1 aliphatic heterocycles. The third kappa shape index (κ3) is 5.56. The first-order chi connectivity index (χ1) is 16.2. The maximum atomic E-state index is 12.9. The lowest BCUT2D eigenvalue weighted by atomic mass is 10.0. The van der Waals surface area contributed by atoms with Gasteiger partial charge in [0.1, 0.15) is 17.6 Å². The summed E-state index contributed by atoms with van der Waals surface area (Å²) in [4.78, 5) is 39.4. The lowest BCUT2D eigenvalue weighted by Gasteiger charge is -2.35. The highest BCUT2D eigenvalue weighted by atomic mass is 16.5. The molecule has 10 nitrogen and oxygen atoms in total. The molecule has 4 rings (SSSR count). The molecule has 10 heteroatoms. The number of ether oxygens (including phenoxy) is 2. The van der Waals surface area contributed by atoms with Crippen molar-refractivity contribution >= 4 is 29.2 Å². The fourth-order valence-corrected chi connectivity index (χ4v) is 4.18. The van der Waals surface area contributed by atoms with E-state index in [0.717, 1.165) is 37.6 Å². The summed E-state index contributed by atoms with van der Waals surface area (Å²) in [6.07, 6.45) is 4.89. The Morgan fingerprint density at radius 1 is 1.32 bits per heavy atom. The Balaban J connectivity index is 0.00000103. The molecule has 1 aromatic carbocycles. The van der Waals surface area contributed by atoms with Crippen LogP contribution in [-0.2, 0) is 9.59 Å². The molecule has 0 radical (unpaired) electrons. The van der Waals surface area contributed by atoms with E-state index in [2.05, 4.69) is 4.98 Å². The second kappa shape index (κ2) is 10.7. The number of fused-ring (bicyclic) bond motifs is 1. The monoisotopic (exact) mass is 472 g/mol. The topological polar surface area (TPSA) is 158 Å². The fourth-order valence-electron chi connectivity index (χ4n) is 4.18. The number of carbonyl (C=O) groups excluding carboxylic acids is 2. The standard InChI is InChI=1S/C23H30N4O4.CH2O2/c1-14(2)30-20-11-16-18(10-17(20)21(25)28)26-8-5-19(16)31-15-4-3-9-27(12-15)22(29)23(13-24)6-7-23;2-1-3/h5,8,10-11,14-15H,3-4,6-7,9,12-13,24H2,1-2H3,(H2,25,28);1H,(H,2,3)/t15-;/m1./s1. The van der Waals surface area contributed by atoms with E-state index in [9.17, 15) is 9.59 Å². The first-order valence-electron chi connectivity index (χ1n) is 11.4. The zero-order chi connectivity index (χ0) is 24.9. The van der Waals surface area contributed by atoms with Crippen LogP contribution in [0.1, 0.15) is 49.9 Å². The van der Waals surface area contributed by atoms with E-state index in [0.29, 0.717) is 30.1 Å². The SMILES string of the molecule is CC(C)Oc1cc2c(O[C@@H]3CCCN(C(=O)C4(CN)CC4)C3)ccnc2cc1C(N)=O.O=CO. The van der Waals surface area contributed by atoms with Gasteiger partial charge in [-0.15, -0.1) is 0 Å². The van der Waals surface area contributed by atoms with Gasteiger partial charge in [0.15, 0.2) is 0 Å². The van der Waals surface area contributed by atoms with Crippen molar-refractivity contribution in [3.8, 4) is 11.5 Å². The van der Waals surface area contributed by atoms with Crippen LogP contribution in [0.15, 0.2) is 24.4 Å². The Morgan fingerprint density at radius 2 is 2.03 bits per heavy atom. The highest BCUT2D eigenvalue weighted by Crippen LogP contribution is 2.46. The highest BCUT2D eigenvalue weighted by molar-refractivity contribution is 6.01. The van der Waals surface area contributed by atoms with E-state index >= 15 is 0 Å². The van der Waals surface area contributed by atoms with Crippen LogP contribution in [0, 0.1) is 5.41 Å². The van der Waals surface area contributed by atoms with Crippen LogP contribution in [0.5, 0.6) is 11.5 Å². The Bertz CT molecular complexity index is 1050. The van der Waals surface area contributed by atoms with Gasteiger partial charge in [-0.2, -0.15) is 0 Å². The molecule has 2 heterocycles. The number of amides is 2. The average molecular weight is 473 g/mol. The van der Waals surface area contributed by atoms with Gasteiger partial charge in [0.2, 0.25) is 5.91 Å². The van der Waals surface area contributed by atoms with Crippen molar-refractivity contribution in [2.24, 2.45) is 16.9 Å². The number of carboxylic acid groups (broad SMARTS) is 1. The van der Waals surface area contributed by atoms with Gasteiger partial charge in [-0.25, -0.2) is 0 Å². The molecule has 1 atom stereocenters. The number of primary amides is 1. The van der Waals surface area contributed by atoms with Gasteiger partial charge in [0.25, 0.3) is 12.4 Å². The van der Waals surface area contributed by atoms with E-state index in [-0.39, 0.29) is 35.6 Å². The predicted molar refractivity (Wildman–Crippen MR) is 126 cm³/mol. The largest absolute Gasteiger partial charge is 0.490 e. The normalized spacial score (nSPS) is 18.6. The number of nitrogens with zero attached hydrogens (tertiary/aromatic N) is 2. The molecule has 184 valence electrons. The summed E-state index contributed by atoms with van der Waals surface area (Å²) < 4.78 is 12.2. The van der Waals surface area contributed by atoms with E-state index < -0.39 is 5.91 Å². The van der Waals surface area contributed by atoms with Crippen molar-refractivity contribution in [3.63, 3.8) is 0 Å². The molecule has 2 amide bonds. The van der Waals surface area contributed by atoms with Crippen molar-refractivity contribution in [1.82, 2.24) is 9.88 Å². The molecular formula is C24H32N4O6. The van der Waals surface area contributed by atoms with Gasteiger partial charge < -0.3 is 30.9 Å². The first-order valence-corrected chi connectivity index (χ1v) is 11.4. The third-order valence-electron chi connectivity index (χ3n) is 6.09. The Kier molecular flexibility index (Phi) is 7.93. The van der Waals surface area contributed by atoms with Crippen LogP contribution in [0.2, 0.25) is 0 Å². The highest BCUT2D eigenvalue weighted by Gasteiger charge is 2.51. The Labute approximate surface area is 198 Å². The molecule has 34 heavy (non-hydrogen) atoms. The molecule has 2 aliphatic rings. The average Bonchev–Trinajstić information content (AvgIpc) is 3.60. The zero-order valence-electron chi connectivity index (χ0n) is 19.5. The zero-order valence-corrected chi connectivity index (χ0v) is 19.5. The summed E-state index contributed by atoms with van der Waals surface area (Å²) in [5.74, 6) is 0.642. The van der Waals surface area contributed by atoms with Crippen molar-refractivity contribution in [1.29, 1.82) is 0 Å². The number of hydrogen-bond donors (Lipinski definition) is 3. The molecule has 0 unspecified atom stereocenters. The minimum atomic E-state index is -0.569. The maximum Gasteiger partial charge on any atom is 0.290 e. The van der Waals surface area contributed by atoms with Gasteiger partial charge >= 0.3 is 0 Å². The first kappa shape index (κ1) is 25.2. The Hall–Kier alpha value is -3.40. The summed E-state index contributed by atoms with van der Waals surface area (Å²) in [7, 11) is 0. The number of pyridine rings is 1. The molecule has 5 N–H and O–H groups in total. The number of aromatic nitrogens is 1. The third-order valence-corrected chi connectivity index (χ3v) is 6.09. The lowest BCUT2D eigenvalue weighted by molar-refractivity contribution is -0.139. The molecular weight excluding hydrogens is 440 g/mol. The molecule has 2 fully saturated rings. The summed E-state index contributed by atoms with van der Waals surface area (Å²) in [6.45, 7) is 5.21. The van der Waals surface area contributed by atoms with Gasteiger partial charge in [0.05, 0.1) is 29.1 Å².